The topological polar surface area (TPSA) is 386 Å². The van der Waals surface area contributed by atoms with Gasteiger partial charge in [0, 0.05) is 19.5 Å². The molecule has 0 radical (unpaired) electrons. The summed E-state index contributed by atoms with van der Waals surface area (Å²) in [7, 11) is 0. The lowest BCUT2D eigenvalue weighted by Gasteiger charge is -2.30. The number of amides is 8. The van der Waals surface area contributed by atoms with E-state index >= 15 is 0 Å². The van der Waals surface area contributed by atoms with Gasteiger partial charge in [0.15, 0.2) is 5.96 Å². The number of aromatic hydroxyl groups is 1. The van der Waals surface area contributed by atoms with E-state index in [2.05, 4.69) is 42.2 Å². The fourth-order valence-electron chi connectivity index (χ4n) is 6.68. The average Bonchev–Trinajstić information content (AvgIpc) is 3.73. The van der Waals surface area contributed by atoms with Crippen molar-refractivity contribution in [2.24, 2.45) is 22.4 Å². The van der Waals surface area contributed by atoms with Gasteiger partial charge in [-0.05, 0) is 49.3 Å². The number of hydrogen-bond donors (Lipinski definition) is 13. The molecule has 2 aliphatic heterocycles. The predicted molar refractivity (Wildman–Crippen MR) is 217 cm³/mol. The van der Waals surface area contributed by atoms with Gasteiger partial charge in [0.25, 0.3) is 0 Å². The van der Waals surface area contributed by atoms with E-state index in [-0.39, 0.29) is 50.5 Å². The monoisotopic (exact) mass is 875 g/mol. The molecule has 2 aliphatic rings. The van der Waals surface area contributed by atoms with Crippen molar-refractivity contribution in [1.82, 2.24) is 42.1 Å². The van der Waals surface area contributed by atoms with E-state index in [0.29, 0.717) is 18.4 Å². The maximum atomic E-state index is 13.9. The maximum Gasteiger partial charge on any atom is 0.305 e. The van der Waals surface area contributed by atoms with Crippen LogP contribution in [-0.2, 0) is 49.6 Å². The number of nitrogens with one attached hydrogen (secondary N) is 7. The standard InChI is InChI=1S/C38H57N11O13/c1-3-19(2)30-36(61)47-26(18-51)34(59)46-25(17-50)33(58)44-22(6-4-12-41-38(39)40)31(56)45-24(15-29(54)55)37(62)49-13-5-7-27(49)35(60)42-16-28(53)43-23(32(57)48-30)14-20-8-10-21(52)11-9-20/h8-11,19,22-27,30,50-52H,3-7,12-18H2,1-2H3,(H,42,60)(H,43,53)(H,44,58)(H,45,56)(H,46,59)(H,47,61)(H,48,57)(H,54,55)(H4,39,40,41)/t19-,22-,23-,24-,25-,26+,27-,30-/m0/s1. The summed E-state index contributed by atoms with van der Waals surface area (Å²) in [5.74, 6) is -10.2. The first-order valence-corrected chi connectivity index (χ1v) is 20.0. The molecule has 24 nitrogen and oxygen atoms in total. The van der Waals surface area contributed by atoms with Gasteiger partial charge in [0.1, 0.15) is 48.0 Å². The molecule has 3 rings (SSSR count). The fourth-order valence-corrected chi connectivity index (χ4v) is 6.68. The van der Waals surface area contributed by atoms with Crippen LogP contribution in [0.2, 0.25) is 0 Å². The van der Waals surface area contributed by atoms with Crippen LogP contribution in [0, 0.1) is 5.92 Å². The molecule has 8 amide bonds. The third-order valence-corrected chi connectivity index (χ3v) is 10.3. The molecule has 0 bridgehead atoms. The fraction of sp³-hybridized carbons (Fsp3) is 0.579. The Bertz CT molecular complexity index is 1830. The number of nitrogens with two attached hydrogens (primary N) is 2. The molecule has 0 unspecified atom stereocenters. The van der Waals surface area contributed by atoms with Crippen molar-refractivity contribution in [2.45, 2.75) is 101 Å². The zero-order chi connectivity index (χ0) is 46.1. The third-order valence-electron chi connectivity index (χ3n) is 10.3. The summed E-state index contributed by atoms with van der Waals surface area (Å²) < 4.78 is 0. The number of phenolic OH excluding ortho intramolecular Hbond substituents is 1. The number of carboxylic acid groups (broad SMARTS) is 1. The molecule has 8 atom stereocenters. The number of carboxylic acids is 1. The summed E-state index contributed by atoms with van der Waals surface area (Å²) in [5, 5.41) is 56.5. The number of aliphatic hydroxyl groups excluding tert-OH is 2. The Labute approximate surface area is 356 Å². The van der Waals surface area contributed by atoms with Crippen molar-refractivity contribution in [3.63, 3.8) is 0 Å². The Hall–Kier alpha value is -6.56. The van der Waals surface area contributed by atoms with Gasteiger partial charge in [-0.15, -0.1) is 0 Å². The molecule has 1 aromatic carbocycles. The molecule has 62 heavy (non-hydrogen) atoms. The van der Waals surface area contributed by atoms with Crippen molar-refractivity contribution in [2.75, 3.05) is 32.8 Å². The summed E-state index contributed by atoms with van der Waals surface area (Å²) in [5.41, 5.74) is 11.2. The second-order valence-corrected chi connectivity index (χ2v) is 14.9. The number of nitrogens with zero attached hydrogens (tertiary/aromatic N) is 2. The van der Waals surface area contributed by atoms with Gasteiger partial charge in [-0.25, -0.2) is 0 Å². The van der Waals surface area contributed by atoms with Gasteiger partial charge in [0.2, 0.25) is 47.3 Å². The zero-order valence-corrected chi connectivity index (χ0v) is 34.4. The number of rotatable bonds is 12. The first-order valence-electron chi connectivity index (χ1n) is 20.0. The third kappa shape index (κ3) is 14.9. The minimum absolute atomic E-state index is 0.0275. The summed E-state index contributed by atoms with van der Waals surface area (Å²) in [6.07, 6.45) is -0.551. The minimum Gasteiger partial charge on any atom is -0.508 e. The second kappa shape index (κ2) is 24.0. The molecule has 24 heteroatoms. The van der Waals surface area contributed by atoms with Crippen LogP contribution in [0.15, 0.2) is 29.3 Å². The highest BCUT2D eigenvalue weighted by Crippen LogP contribution is 2.20. The van der Waals surface area contributed by atoms with Crippen LogP contribution >= 0.6 is 0 Å². The zero-order valence-electron chi connectivity index (χ0n) is 34.4. The van der Waals surface area contributed by atoms with E-state index in [1.165, 1.54) is 24.3 Å². The van der Waals surface area contributed by atoms with Crippen LogP contribution in [0.4, 0.5) is 0 Å². The molecule has 2 saturated heterocycles. The van der Waals surface area contributed by atoms with Gasteiger partial charge >= 0.3 is 5.97 Å². The minimum atomic E-state index is -1.79. The lowest BCUT2D eigenvalue weighted by atomic mass is 9.96. The SMILES string of the molecule is CC[C@H](C)[C@@H]1NC(=O)[C@H](Cc2ccc(O)cc2)NC(=O)CNC(=O)[C@@H]2CCCN2C(=O)[C@H](CC(=O)O)NC(=O)[C@H](CCCN=C(N)N)NC(=O)[C@H](CO)NC(=O)[C@@H](CO)NC1=O. The molecule has 0 aliphatic carbocycles. The summed E-state index contributed by atoms with van der Waals surface area (Å²) >= 11 is 0. The van der Waals surface area contributed by atoms with Crippen molar-refractivity contribution < 1.29 is 63.6 Å². The molecule has 2 fully saturated rings. The van der Waals surface area contributed by atoms with Crippen LogP contribution in [0.3, 0.4) is 0 Å². The van der Waals surface area contributed by atoms with Crippen LogP contribution < -0.4 is 48.7 Å². The number of aliphatic imine (C=N–C) groups is 1. The lowest BCUT2D eigenvalue weighted by molar-refractivity contribution is -0.146. The lowest BCUT2D eigenvalue weighted by Crippen LogP contribution is -2.62. The van der Waals surface area contributed by atoms with E-state index in [4.69, 9.17) is 11.5 Å². The van der Waals surface area contributed by atoms with Crippen molar-refractivity contribution >= 4 is 59.2 Å². The van der Waals surface area contributed by atoms with E-state index in [1.54, 1.807) is 13.8 Å². The quantitative estimate of drug-likeness (QED) is 0.0529. The van der Waals surface area contributed by atoms with Gasteiger partial charge < -0.3 is 74.0 Å². The van der Waals surface area contributed by atoms with E-state index in [0.717, 1.165) is 4.90 Å². The Morgan fingerprint density at radius 2 is 1.35 bits per heavy atom. The first kappa shape index (κ1) is 49.8. The van der Waals surface area contributed by atoms with Gasteiger partial charge in [0.05, 0.1) is 26.2 Å². The van der Waals surface area contributed by atoms with Crippen LogP contribution in [0.1, 0.15) is 57.9 Å². The molecule has 0 spiro atoms. The number of carbonyl (C=O) groups is 9. The first-order chi connectivity index (χ1) is 29.4. The summed E-state index contributed by atoms with van der Waals surface area (Å²) in [4.78, 5) is 126. The number of hydrogen-bond acceptors (Lipinski definition) is 13. The molecule has 0 aromatic heterocycles. The van der Waals surface area contributed by atoms with Gasteiger partial charge in [-0.3, -0.25) is 48.1 Å². The van der Waals surface area contributed by atoms with E-state index in [1.807, 2.05) is 0 Å². The highest BCUT2D eigenvalue weighted by Gasteiger charge is 2.40. The smallest absolute Gasteiger partial charge is 0.305 e. The predicted octanol–water partition coefficient (Wildman–Crippen LogP) is -5.48. The number of carbonyl (C=O) groups excluding carboxylic acids is 8. The maximum absolute atomic E-state index is 13.9. The molecule has 15 N–H and O–H groups in total. The Kier molecular flexibility index (Phi) is 19.3. The van der Waals surface area contributed by atoms with Crippen LogP contribution in [0.5, 0.6) is 5.75 Å². The number of fused-ring (bicyclic) bond motifs is 1. The number of guanidine groups is 1. The number of aliphatic hydroxyl groups is 2. The van der Waals surface area contributed by atoms with Crippen LogP contribution in [-0.4, -0.2) is 160 Å². The van der Waals surface area contributed by atoms with Crippen LogP contribution in [0.25, 0.3) is 0 Å². The van der Waals surface area contributed by atoms with Crippen molar-refractivity contribution in [3.05, 3.63) is 29.8 Å². The number of benzene rings is 1. The largest absolute Gasteiger partial charge is 0.508 e. The molecular formula is C38H57N11O13. The Balaban J connectivity index is 2.05. The number of aliphatic carboxylic acids is 1. The number of phenols is 1. The van der Waals surface area contributed by atoms with Crippen molar-refractivity contribution in [1.29, 1.82) is 0 Å². The highest BCUT2D eigenvalue weighted by atomic mass is 16.4. The van der Waals surface area contributed by atoms with E-state index in [9.17, 15) is 63.6 Å². The second-order valence-electron chi connectivity index (χ2n) is 14.9. The average molecular weight is 876 g/mol. The Morgan fingerprint density at radius 3 is 1.94 bits per heavy atom. The normalized spacial score (nSPS) is 25.6. The van der Waals surface area contributed by atoms with Crippen molar-refractivity contribution in [3.8, 4) is 5.75 Å². The molecule has 0 saturated carbocycles. The molecular weight excluding hydrogens is 818 g/mol. The summed E-state index contributed by atoms with van der Waals surface area (Å²) in [6.45, 7) is 0.519. The van der Waals surface area contributed by atoms with Gasteiger partial charge in [-0.1, -0.05) is 32.4 Å². The Morgan fingerprint density at radius 1 is 0.790 bits per heavy atom. The van der Waals surface area contributed by atoms with Gasteiger partial charge in [-0.2, -0.15) is 0 Å². The molecule has 2 heterocycles. The molecule has 1 aromatic rings. The molecule has 342 valence electrons. The summed E-state index contributed by atoms with van der Waals surface area (Å²) in [6, 6.07) is -5.09. The highest BCUT2D eigenvalue weighted by molar-refractivity contribution is 5.99. The van der Waals surface area contributed by atoms with E-state index < -0.39 is 128 Å².